The fourth-order valence-electron chi connectivity index (χ4n) is 3.11. The topological polar surface area (TPSA) is 95.7 Å². The lowest BCUT2D eigenvalue weighted by Crippen LogP contribution is -2.54. The number of likely N-dealkylation sites (N-methyl/N-ethyl adjacent to an activating group) is 1. The molecule has 7 nitrogen and oxygen atoms in total. The highest BCUT2D eigenvalue weighted by Gasteiger charge is 2.35. The van der Waals surface area contributed by atoms with Crippen molar-refractivity contribution in [2.24, 2.45) is 0 Å². The number of amides is 1. The molecular formula is C18H20ClN3O4. The number of rotatable bonds is 7. The van der Waals surface area contributed by atoms with Gasteiger partial charge in [0.2, 0.25) is 0 Å². The molecule has 1 aromatic heterocycles. The summed E-state index contributed by atoms with van der Waals surface area (Å²) in [7, 11) is 0. The van der Waals surface area contributed by atoms with E-state index in [1.165, 1.54) is 0 Å². The van der Waals surface area contributed by atoms with E-state index in [9.17, 15) is 9.59 Å². The van der Waals surface area contributed by atoms with Crippen LogP contribution in [0.5, 0.6) is 0 Å². The second-order valence-electron chi connectivity index (χ2n) is 6.31. The quantitative estimate of drug-likeness (QED) is 0.770. The molecule has 1 amide bonds. The van der Waals surface area contributed by atoms with E-state index in [-0.39, 0.29) is 30.2 Å². The van der Waals surface area contributed by atoms with Gasteiger partial charge in [-0.05, 0) is 31.5 Å². The number of carboxylic acid groups (broad SMARTS) is 1. The number of nitrogens with one attached hydrogen (secondary N) is 1. The van der Waals surface area contributed by atoms with Gasteiger partial charge in [-0.1, -0.05) is 35.8 Å². The first-order valence-electron chi connectivity index (χ1n) is 8.46. The average molecular weight is 378 g/mol. The summed E-state index contributed by atoms with van der Waals surface area (Å²) in [4.78, 5) is 25.1. The first-order chi connectivity index (χ1) is 12.5. The lowest BCUT2D eigenvalue weighted by molar-refractivity contribution is -0.139. The van der Waals surface area contributed by atoms with E-state index in [1.807, 2.05) is 24.0 Å². The fraction of sp³-hybridized carbons (Fsp3) is 0.389. The molecule has 1 saturated carbocycles. The minimum absolute atomic E-state index is 0.0100. The predicted octanol–water partition coefficient (Wildman–Crippen LogP) is 2.66. The van der Waals surface area contributed by atoms with Crippen molar-refractivity contribution in [1.82, 2.24) is 15.4 Å². The van der Waals surface area contributed by atoms with Gasteiger partial charge in [0.1, 0.15) is 0 Å². The highest BCUT2D eigenvalue weighted by atomic mass is 35.5. The van der Waals surface area contributed by atoms with Crippen molar-refractivity contribution in [3.63, 3.8) is 0 Å². The first-order valence-corrected chi connectivity index (χ1v) is 8.84. The molecule has 2 N–H and O–H groups in total. The maximum atomic E-state index is 12.3. The fourth-order valence-corrected chi connectivity index (χ4v) is 3.34. The van der Waals surface area contributed by atoms with E-state index in [1.54, 1.807) is 18.2 Å². The van der Waals surface area contributed by atoms with E-state index >= 15 is 0 Å². The molecule has 0 bridgehead atoms. The number of aromatic nitrogens is 1. The van der Waals surface area contributed by atoms with Crippen molar-refractivity contribution < 1.29 is 19.2 Å². The van der Waals surface area contributed by atoms with Gasteiger partial charge in [-0.2, -0.15) is 0 Å². The monoisotopic (exact) mass is 377 g/mol. The molecule has 0 saturated heterocycles. The van der Waals surface area contributed by atoms with Crippen LogP contribution in [0.1, 0.15) is 30.3 Å². The van der Waals surface area contributed by atoms with Crippen LogP contribution in [0.3, 0.4) is 0 Å². The van der Waals surface area contributed by atoms with E-state index in [0.29, 0.717) is 22.9 Å². The van der Waals surface area contributed by atoms with Crippen LogP contribution in [0.25, 0.3) is 11.3 Å². The van der Waals surface area contributed by atoms with Crippen molar-refractivity contribution in [2.45, 2.75) is 31.8 Å². The van der Waals surface area contributed by atoms with Gasteiger partial charge >= 0.3 is 5.97 Å². The molecule has 8 heteroatoms. The third-order valence-electron chi connectivity index (χ3n) is 4.59. The number of nitrogens with zero attached hydrogens (tertiary/aromatic N) is 2. The second kappa shape index (κ2) is 7.88. The molecule has 138 valence electrons. The minimum Gasteiger partial charge on any atom is -0.480 e. The molecule has 0 spiro atoms. The molecule has 1 aliphatic carbocycles. The van der Waals surface area contributed by atoms with Gasteiger partial charge in [-0.25, -0.2) is 0 Å². The highest BCUT2D eigenvalue weighted by Crippen LogP contribution is 2.29. The summed E-state index contributed by atoms with van der Waals surface area (Å²) in [6.07, 6.45) is 1.45. The summed E-state index contributed by atoms with van der Waals surface area (Å²) in [6.45, 7) is 2.62. The number of carboxylic acids is 1. The molecule has 26 heavy (non-hydrogen) atoms. The van der Waals surface area contributed by atoms with Crippen LogP contribution in [0.2, 0.25) is 5.02 Å². The number of carbonyl (C=O) groups is 2. The third-order valence-corrected chi connectivity index (χ3v) is 4.92. The summed E-state index contributed by atoms with van der Waals surface area (Å²) in [5.74, 6) is -0.711. The van der Waals surface area contributed by atoms with Crippen LogP contribution in [0.4, 0.5) is 0 Å². The molecule has 3 rings (SSSR count). The summed E-state index contributed by atoms with van der Waals surface area (Å²) in [6, 6.07) is 8.93. The number of halogens is 1. The molecule has 0 aliphatic heterocycles. The van der Waals surface area contributed by atoms with E-state index in [0.717, 1.165) is 12.8 Å². The zero-order chi connectivity index (χ0) is 18.7. The Morgan fingerprint density at radius 2 is 2.12 bits per heavy atom. The van der Waals surface area contributed by atoms with Gasteiger partial charge in [-0.15, -0.1) is 0 Å². The molecule has 0 unspecified atom stereocenters. The van der Waals surface area contributed by atoms with Crippen molar-refractivity contribution in [2.75, 3.05) is 13.1 Å². The van der Waals surface area contributed by atoms with Crippen LogP contribution in [-0.2, 0) is 4.79 Å². The average Bonchev–Trinajstić information content (AvgIpc) is 3.06. The van der Waals surface area contributed by atoms with E-state index in [2.05, 4.69) is 10.5 Å². The van der Waals surface area contributed by atoms with E-state index in [4.69, 9.17) is 21.2 Å². The number of aliphatic carboxylic acids is 1. The Bertz CT molecular complexity index is 801. The molecule has 1 aromatic carbocycles. The molecule has 1 heterocycles. The summed E-state index contributed by atoms with van der Waals surface area (Å²) < 4.78 is 5.24. The molecular weight excluding hydrogens is 358 g/mol. The van der Waals surface area contributed by atoms with Crippen molar-refractivity contribution in [3.05, 3.63) is 41.0 Å². The van der Waals surface area contributed by atoms with Gasteiger partial charge < -0.3 is 14.9 Å². The second-order valence-corrected chi connectivity index (χ2v) is 6.72. The van der Waals surface area contributed by atoms with Crippen LogP contribution < -0.4 is 5.32 Å². The molecule has 1 aliphatic rings. The van der Waals surface area contributed by atoms with Crippen molar-refractivity contribution >= 4 is 23.5 Å². The molecule has 0 atom stereocenters. The van der Waals surface area contributed by atoms with Crippen LogP contribution in [-0.4, -0.2) is 52.2 Å². The SMILES string of the molecule is CCN(CC(=O)O)C1CC(NC(=O)c2cc(-c3ccccc3Cl)on2)C1. The smallest absolute Gasteiger partial charge is 0.317 e. The zero-order valence-electron chi connectivity index (χ0n) is 14.3. The maximum absolute atomic E-state index is 12.3. The first kappa shape index (κ1) is 18.4. The number of hydrogen-bond acceptors (Lipinski definition) is 5. The largest absolute Gasteiger partial charge is 0.480 e. The van der Waals surface area contributed by atoms with Crippen LogP contribution in [0, 0.1) is 0 Å². The van der Waals surface area contributed by atoms with Gasteiger partial charge in [0.25, 0.3) is 5.91 Å². The third kappa shape index (κ3) is 4.05. The Morgan fingerprint density at radius 1 is 1.38 bits per heavy atom. The summed E-state index contributed by atoms with van der Waals surface area (Å²) in [5, 5.41) is 16.2. The summed E-state index contributed by atoms with van der Waals surface area (Å²) in [5.41, 5.74) is 0.873. The van der Waals surface area contributed by atoms with E-state index < -0.39 is 5.97 Å². The highest BCUT2D eigenvalue weighted by molar-refractivity contribution is 6.33. The van der Waals surface area contributed by atoms with Crippen molar-refractivity contribution in [1.29, 1.82) is 0 Å². The Labute approximate surface area is 155 Å². The normalized spacial score (nSPS) is 19.2. The van der Waals surface area contributed by atoms with Crippen molar-refractivity contribution in [3.8, 4) is 11.3 Å². The maximum Gasteiger partial charge on any atom is 0.317 e. The predicted molar refractivity (Wildman–Crippen MR) is 96.1 cm³/mol. The lowest BCUT2D eigenvalue weighted by atomic mass is 9.85. The number of carbonyl (C=O) groups excluding carboxylic acids is 1. The molecule has 2 aromatic rings. The van der Waals surface area contributed by atoms with Crippen LogP contribution >= 0.6 is 11.6 Å². The van der Waals surface area contributed by atoms with Gasteiger partial charge in [0.05, 0.1) is 11.6 Å². The van der Waals surface area contributed by atoms with Gasteiger partial charge in [0, 0.05) is 23.7 Å². The Morgan fingerprint density at radius 3 is 2.77 bits per heavy atom. The van der Waals surface area contributed by atoms with Gasteiger partial charge in [0.15, 0.2) is 11.5 Å². The molecule has 1 fully saturated rings. The molecule has 0 radical (unpaired) electrons. The van der Waals surface area contributed by atoms with Crippen LogP contribution in [0.15, 0.2) is 34.9 Å². The Kier molecular flexibility index (Phi) is 5.58. The number of benzene rings is 1. The minimum atomic E-state index is -0.839. The zero-order valence-corrected chi connectivity index (χ0v) is 15.1. The lowest BCUT2D eigenvalue weighted by Gasteiger charge is -2.42. The van der Waals surface area contributed by atoms with Gasteiger partial charge in [-0.3, -0.25) is 14.5 Å². The number of hydrogen-bond donors (Lipinski definition) is 2. The Balaban J connectivity index is 1.56. The standard InChI is InChI=1S/C18H20ClN3O4/c1-2-22(10-17(23)24)12-7-11(8-12)20-18(25)15-9-16(26-21-15)13-5-3-4-6-14(13)19/h3-6,9,11-12H,2,7-8,10H2,1H3,(H,20,25)(H,23,24). The summed E-state index contributed by atoms with van der Waals surface area (Å²) >= 11 is 6.12. The Hall–Kier alpha value is -2.38.